The van der Waals surface area contributed by atoms with Crippen molar-refractivity contribution in [2.24, 2.45) is 10.7 Å². The molecular formula is C23H26F3N3O2. The van der Waals surface area contributed by atoms with Gasteiger partial charge in [0.25, 0.3) is 0 Å². The Kier molecular flexibility index (Phi) is 5.54. The van der Waals surface area contributed by atoms with Crippen molar-refractivity contribution >= 4 is 11.9 Å². The number of carbonyl (C=O) groups is 1. The van der Waals surface area contributed by atoms with Gasteiger partial charge >= 0.3 is 6.36 Å². The van der Waals surface area contributed by atoms with Crippen molar-refractivity contribution in [2.45, 2.75) is 50.9 Å². The lowest BCUT2D eigenvalue weighted by molar-refractivity contribution is -0.274. The van der Waals surface area contributed by atoms with E-state index in [-0.39, 0.29) is 23.0 Å². The number of hydrogen-bond donors (Lipinski definition) is 1. The molecule has 1 unspecified atom stereocenters. The highest BCUT2D eigenvalue weighted by atomic mass is 19.4. The van der Waals surface area contributed by atoms with Gasteiger partial charge in [-0.05, 0) is 41.2 Å². The number of guanidine groups is 1. The van der Waals surface area contributed by atoms with Crippen molar-refractivity contribution in [3.8, 4) is 5.75 Å². The zero-order valence-corrected chi connectivity index (χ0v) is 18.1. The zero-order chi connectivity index (χ0) is 23.2. The van der Waals surface area contributed by atoms with Crippen LogP contribution in [0.5, 0.6) is 5.75 Å². The zero-order valence-electron chi connectivity index (χ0n) is 18.1. The molecule has 2 aromatic carbocycles. The minimum atomic E-state index is -4.83. The lowest BCUT2D eigenvalue weighted by Gasteiger charge is -2.41. The van der Waals surface area contributed by atoms with Crippen LogP contribution in [0.3, 0.4) is 0 Å². The second kappa shape index (κ2) is 7.59. The Morgan fingerprint density at radius 1 is 1.10 bits per heavy atom. The van der Waals surface area contributed by atoms with Crippen LogP contribution >= 0.6 is 0 Å². The average molecular weight is 433 g/mol. The molecule has 2 atom stereocenters. The third-order valence-electron chi connectivity index (χ3n) is 5.59. The first-order chi connectivity index (χ1) is 14.2. The first-order valence-corrected chi connectivity index (χ1v) is 9.82. The summed E-state index contributed by atoms with van der Waals surface area (Å²) in [5.74, 6) is -1.45. The molecule has 1 aliphatic heterocycles. The van der Waals surface area contributed by atoms with Gasteiger partial charge in [0.2, 0.25) is 5.91 Å². The minimum absolute atomic E-state index is 0.00259. The van der Waals surface area contributed by atoms with Crippen molar-refractivity contribution < 1.29 is 22.7 Å². The first kappa shape index (κ1) is 22.7. The number of aliphatic imine (C=N–C) groups is 1. The Bertz CT molecular complexity index is 1010. The van der Waals surface area contributed by atoms with Gasteiger partial charge in [-0.3, -0.25) is 9.69 Å². The predicted octanol–water partition coefficient (Wildman–Crippen LogP) is 4.67. The van der Waals surface area contributed by atoms with Crippen molar-refractivity contribution in [2.75, 3.05) is 7.05 Å². The van der Waals surface area contributed by atoms with E-state index >= 15 is 0 Å². The fraction of sp³-hybridized carbons (Fsp3) is 0.391. The molecule has 0 saturated heterocycles. The van der Waals surface area contributed by atoms with Crippen molar-refractivity contribution in [1.29, 1.82) is 0 Å². The molecule has 2 aromatic rings. The molecule has 8 heteroatoms. The Hall–Kier alpha value is -3.03. The molecule has 0 bridgehead atoms. The number of amides is 1. The molecule has 0 aliphatic carbocycles. The number of hydrogen-bond acceptors (Lipinski definition) is 4. The molecule has 0 fully saturated rings. The summed E-state index contributed by atoms with van der Waals surface area (Å²) in [6.45, 7) is 7.95. The monoisotopic (exact) mass is 433 g/mol. The summed E-state index contributed by atoms with van der Waals surface area (Å²) in [7, 11) is 1.53. The largest absolute Gasteiger partial charge is 0.573 e. The number of halogens is 3. The highest BCUT2D eigenvalue weighted by Gasteiger charge is 2.47. The molecular weight excluding hydrogens is 407 g/mol. The molecule has 0 aromatic heterocycles. The summed E-state index contributed by atoms with van der Waals surface area (Å²) < 4.78 is 42.3. The molecule has 1 amide bonds. The van der Waals surface area contributed by atoms with Gasteiger partial charge in [0.05, 0.1) is 5.92 Å². The van der Waals surface area contributed by atoms with Gasteiger partial charge in [-0.1, -0.05) is 57.2 Å². The number of nitrogens with zero attached hydrogens (tertiary/aromatic N) is 2. The maximum Gasteiger partial charge on any atom is 0.573 e. The van der Waals surface area contributed by atoms with Gasteiger partial charge in [-0.15, -0.1) is 13.2 Å². The van der Waals surface area contributed by atoms with E-state index in [0.717, 1.165) is 5.56 Å². The fourth-order valence-electron chi connectivity index (χ4n) is 3.81. The standard InChI is InChI=1S/C23H26F3N3O2/c1-21(2,3)15-11-9-14(10-12-15)18-19(30)29(5)20(27)28-22(18,4)16-7-6-8-17(13-16)31-23(24,25)26/h6-13,18H,1-5H3,(H2,27,28)/t18?,22-/m1/s1. The lowest BCUT2D eigenvalue weighted by Crippen LogP contribution is -2.52. The van der Waals surface area contributed by atoms with Crippen molar-refractivity contribution in [1.82, 2.24) is 4.90 Å². The van der Waals surface area contributed by atoms with Gasteiger partial charge in [-0.2, -0.15) is 0 Å². The van der Waals surface area contributed by atoms with E-state index in [1.54, 1.807) is 13.0 Å². The third-order valence-corrected chi connectivity index (χ3v) is 5.59. The van der Waals surface area contributed by atoms with Gasteiger partial charge < -0.3 is 10.5 Å². The maximum absolute atomic E-state index is 13.3. The summed E-state index contributed by atoms with van der Waals surface area (Å²) in [4.78, 5) is 19.1. The summed E-state index contributed by atoms with van der Waals surface area (Å²) in [6.07, 6.45) is -4.83. The van der Waals surface area contributed by atoms with Gasteiger partial charge in [0.15, 0.2) is 5.96 Å². The van der Waals surface area contributed by atoms with E-state index in [4.69, 9.17) is 5.73 Å². The van der Waals surface area contributed by atoms with E-state index < -0.39 is 17.8 Å². The van der Waals surface area contributed by atoms with Crippen LogP contribution in [0.2, 0.25) is 0 Å². The van der Waals surface area contributed by atoms with Crippen molar-refractivity contribution in [3.63, 3.8) is 0 Å². The SMILES string of the molecule is CN1C(=O)C(c2ccc(C(C)(C)C)cc2)[C@@](C)(c2cccc(OC(F)(F)F)c2)N=C1N. The molecule has 2 N–H and O–H groups in total. The maximum atomic E-state index is 13.3. The van der Waals surface area contributed by atoms with Gasteiger partial charge in [0.1, 0.15) is 11.3 Å². The topological polar surface area (TPSA) is 67.9 Å². The molecule has 0 spiro atoms. The van der Waals surface area contributed by atoms with Crippen LogP contribution in [0.1, 0.15) is 50.3 Å². The summed E-state index contributed by atoms with van der Waals surface area (Å²) in [5, 5.41) is 0. The highest BCUT2D eigenvalue weighted by molar-refractivity contribution is 6.02. The van der Waals surface area contributed by atoms with E-state index in [0.29, 0.717) is 11.1 Å². The molecule has 3 rings (SSSR count). The number of ether oxygens (including phenoxy) is 1. The Morgan fingerprint density at radius 3 is 2.26 bits per heavy atom. The Morgan fingerprint density at radius 2 is 1.71 bits per heavy atom. The average Bonchev–Trinajstić information content (AvgIpc) is 2.65. The van der Waals surface area contributed by atoms with Crippen LogP contribution in [-0.4, -0.2) is 30.2 Å². The molecule has 5 nitrogen and oxygen atoms in total. The van der Waals surface area contributed by atoms with E-state index in [9.17, 15) is 18.0 Å². The molecule has 166 valence electrons. The minimum Gasteiger partial charge on any atom is -0.406 e. The number of likely N-dealkylation sites (N-methyl/N-ethyl adjacent to an activating group) is 1. The van der Waals surface area contributed by atoms with Gasteiger partial charge in [0, 0.05) is 7.05 Å². The second-order valence-corrected chi connectivity index (χ2v) is 8.90. The number of nitrogens with two attached hydrogens (primary N) is 1. The smallest absolute Gasteiger partial charge is 0.406 e. The normalized spacial score (nSPS) is 22.3. The molecule has 0 saturated carbocycles. The number of rotatable bonds is 3. The number of alkyl halides is 3. The molecule has 0 radical (unpaired) electrons. The Balaban J connectivity index is 2.13. The van der Waals surface area contributed by atoms with Crippen LogP contribution in [0.25, 0.3) is 0 Å². The summed E-state index contributed by atoms with van der Waals surface area (Å²) in [5.41, 5.74) is 6.89. The predicted molar refractivity (Wildman–Crippen MR) is 113 cm³/mol. The quantitative estimate of drug-likeness (QED) is 0.765. The summed E-state index contributed by atoms with van der Waals surface area (Å²) in [6, 6.07) is 13.1. The van der Waals surface area contributed by atoms with Crippen LogP contribution in [0.4, 0.5) is 13.2 Å². The highest BCUT2D eigenvalue weighted by Crippen LogP contribution is 2.45. The molecule has 31 heavy (non-hydrogen) atoms. The van der Waals surface area contributed by atoms with Crippen molar-refractivity contribution in [3.05, 3.63) is 65.2 Å². The fourth-order valence-corrected chi connectivity index (χ4v) is 3.81. The number of benzene rings is 2. The molecule has 1 heterocycles. The second-order valence-electron chi connectivity index (χ2n) is 8.90. The van der Waals surface area contributed by atoms with E-state index in [1.807, 2.05) is 24.3 Å². The van der Waals surface area contributed by atoms with Crippen LogP contribution in [0.15, 0.2) is 53.5 Å². The van der Waals surface area contributed by atoms with Crippen LogP contribution < -0.4 is 10.5 Å². The summed E-state index contributed by atoms with van der Waals surface area (Å²) >= 11 is 0. The van der Waals surface area contributed by atoms with E-state index in [1.165, 1.54) is 30.1 Å². The van der Waals surface area contributed by atoms with Crippen LogP contribution in [0, 0.1) is 0 Å². The first-order valence-electron chi connectivity index (χ1n) is 9.82. The Labute approximate surface area is 179 Å². The third kappa shape index (κ3) is 4.52. The molecule has 1 aliphatic rings. The lowest BCUT2D eigenvalue weighted by atomic mass is 9.73. The van der Waals surface area contributed by atoms with Crippen LogP contribution in [-0.2, 0) is 15.7 Å². The van der Waals surface area contributed by atoms with E-state index in [2.05, 4.69) is 30.5 Å². The number of carbonyl (C=O) groups excluding carboxylic acids is 1. The van der Waals surface area contributed by atoms with Gasteiger partial charge in [-0.25, -0.2) is 4.99 Å².